The molecule has 1 N–H and O–H groups in total. The lowest BCUT2D eigenvalue weighted by Gasteiger charge is -2.25. The van der Waals surface area contributed by atoms with Crippen LogP contribution in [-0.2, 0) is 11.2 Å². The van der Waals surface area contributed by atoms with Crippen molar-refractivity contribution < 1.29 is 4.79 Å². The van der Waals surface area contributed by atoms with Gasteiger partial charge >= 0.3 is 0 Å². The third kappa shape index (κ3) is 1.96. The van der Waals surface area contributed by atoms with Gasteiger partial charge in [0.15, 0.2) is 0 Å². The van der Waals surface area contributed by atoms with Crippen molar-refractivity contribution >= 4 is 5.91 Å². The third-order valence-electron chi connectivity index (χ3n) is 4.73. The van der Waals surface area contributed by atoms with E-state index < -0.39 is 0 Å². The summed E-state index contributed by atoms with van der Waals surface area (Å²) in [5.41, 5.74) is 2.81. The quantitative estimate of drug-likeness (QED) is 0.897. The Bertz CT molecular complexity index is 509. The average Bonchev–Trinajstić information content (AvgIpc) is 3.04. The van der Waals surface area contributed by atoms with Crippen LogP contribution in [0.25, 0.3) is 0 Å². The minimum Gasteiger partial charge on any atom is -0.334 e. The summed E-state index contributed by atoms with van der Waals surface area (Å²) in [4.78, 5) is 14.6. The molecular weight excluding hydrogens is 236 g/mol. The summed E-state index contributed by atoms with van der Waals surface area (Å²) in [6.07, 6.45) is 5.69. The van der Waals surface area contributed by atoms with Gasteiger partial charge in [0.2, 0.25) is 5.91 Å². The molecule has 2 fully saturated rings. The molecule has 19 heavy (non-hydrogen) atoms. The predicted molar refractivity (Wildman–Crippen MR) is 73.8 cm³/mol. The molecule has 2 atom stereocenters. The molecule has 1 aromatic carbocycles. The second-order valence-corrected chi connectivity index (χ2v) is 6.07. The fourth-order valence-corrected chi connectivity index (χ4v) is 3.56. The summed E-state index contributed by atoms with van der Waals surface area (Å²) < 4.78 is 0. The number of aryl methyl sites for hydroxylation is 1. The highest BCUT2D eigenvalue weighted by atomic mass is 16.2. The lowest BCUT2D eigenvalue weighted by molar-refractivity contribution is -0.131. The zero-order valence-corrected chi connectivity index (χ0v) is 11.1. The van der Waals surface area contributed by atoms with Gasteiger partial charge in [0.1, 0.15) is 0 Å². The molecule has 1 saturated heterocycles. The molecule has 1 saturated carbocycles. The van der Waals surface area contributed by atoms with Gasteiger partial charge in [-0.25, -0.2) is 0 Å². The molecule has 1 heterocycles. The highest BCUT2D eigenvalue weighted by Gasteiger charge is 2.40. The molecule has 1 aromatic rings. The number of hydrogen-bond donors (Lipinski definition) is 1. The number of nitrogens with one attached hydrogen (secondary N) is 1. The van der Waals surface area contributed by atoms with E-state index in [9.17, 15) is 4.79 Å². The molecule has 2 unspecified atom stereocenters. The van der Waals surface area contributed by atoms with Gasteiger partial charge in [-0.2, -0.15) is 0 Å². The number of amides is 1. The Hall–Kier alpha value is -1.35. The molecule has 3 nitrogen and oxygen atoms in total. The molecule has 3 heteroatoms. The third-order valence-corrected chi connectivity index (χ3v) is 4.73. The number of likely N-dealkylation sites (tertiary alicyclic amines) is 1. The van der Waals surface area contributed by atoms with Gasteiger partial charge in [-0.1, -0.05) is 24.3 Å². The van der Waals surface area contributed by atoms with E-state index in [4.69, 9.17) is 0 Å². The number of fused-ring (bicyclic) bond motifs is 1. The van der Waals surface area contributed by atoms with Crippen molar-refractivity contribution in [3.8, 4) is 0 Å². The van der Waals surface area contributed by atoms with Crippen LogP contribution < -0.4 is 5.32 Å². The largest absolute Gasteiger partial charge is 0.334 e. The number of carbonyl (C=O) groups is 1. The van der Waals surface area contributed by atoms with E-state index in [1.54, 1.807) is 0 Å². The lowest BCUT2D eigenvalue weighted by atomic mass is 10.1. The van der Waals surface area contributed by atoms with Crippen molar-refractivity contribution in [1.82, 2.24) is 10.2 Å². The standard InChI is InChI=1S/C16H20N2O/c19-16-14(17-12-6-7-12)9-10-18(16)15-8-5-11-3-1-2-4-13(11)15/h1-4,12,14-15,17H,5-10H2. The first kappa shape index (κ1) is 11.5. The minimum atomic E-state index is 0.0836. The summed E-state index contributed by atoms with van der Waals surface area (Å²) in [6.45, 7) is 0.919. The average molecular weight is 256 g/mol. The van der Waals surface area contributed by atoms with Gasteiger partial charge in [0.05, 0.1) is 12.1 Å². The second kappa shape index (κ2) is 4.34. The molecule has 0 bridgehead atoms. The first-order valence-electron chi connectivity index (χ1n) is 7.47. The van der Waals surface area contributed by atoms with Gasteiger partial charge in [0.25, 0.3) is 0 Å². The van der Waals surface area contributed by atoms with Crippen molar-refractivity contribution in [3.05, 3.63) is 35.4 Å². The van der Waals surface area contributed by atoms with E-state index in [-0.39, 0.29) is 6.04 Å². The molecule has 4 rings (SSSR count). The van der Waals surface area contributed by atoms with Gasteiger partial charge < -0.3 is 10.2 Å². The van der Waals surface area contributed by atoms with E-state index in [2.05, 4.69) is 34.5 Å². The maximum Gasteiger partial charge on any atom is 0.240 e. The van der Waals surface area contributed by atoms with Crippen LogP contribution in [0, 0.1) is 0 Å². The van der Waals surface area contributed by atoms with Crippen molar-refractivity contribution in [2.75, 3.05) is 6.54 Å². The normalized spacial score (nSPS) is 29.9. The molecule has 0 aromatic heterocycles. The molecule has 1 aliphatic heterocycles. The molecule has 2 aliphatic carbocycles. The van der Waals surface area contributed by atoms with Crippen LogP contribution in [-0.4, -0.2) is 29.4 Å². The van der Waals surface area contributed by atoms with Crippen molar-refractivity contribution in [2.45, 2.75) is 50.2 Å². The number of benzene rings is 1. The first-order valence-corrected chi connectivity index (χ1v) is 7.47. The molecule has 1 amide bonds. The number of nitrogens with zero attached hydrogens (tertiary/aromatic N) is 1. The Morgan fingerprint density at radius 3 is 2.79 bits per heavy atom. The zero-order valence-electron chi connectivity index (χ0n) is 11.1. The fraction of sp³-hybridized carbons (Fsp3) is 0.562. The Morgan fingerprint density at radius 2 is 1.95 bits per heavy atom. The number of carbonyl (C=O) groups excluding carboxylic acids is 1. The predicted octanol–water partition coefficient (Wildman–Crippen LogP) is 2.03. The summed E-state index contributed by atoms with van der Waals surface area (Å²) >= 11 is 0. The zero-order chi connectivity index (χ0) is 12.8. The van der Waals surface area contributed by atoms with Crippen LogP contribution in [0.3, 0.4) is 0 Å². The van der Waals surface area contributed by atoms with Crippen LogP contribution in [0.4, 0.5) is 0 Å². The summed E-state index contributed by atoms with van der Waals surface area (Å²) in [7, 11) is 0. The molecule has 100 valence electrons. The van der Waals surface area contributed by atoms with Crippen LogP contribution in [0.15, 0.2) is 24.3 Å². The maximum absolute atomic E-state index is 12.5. The number of hydrogen-bond acceptors (Lipinski definition) is 2. The topological polar surface area (TPSA) is 32.3 Å². The smallest absolute Gasteiger partial charge is 0.240 e. The van der Waals surface area contributed by atoms with Crippen molar-refractivity contribution in [1.29, 1.82) is 0 Å². The van der Waals surface area contributed by atoms with Gasteiger partial charge in [0, 0.05) is 12.6 Å². The van der Waals surface area contributed by atoms with E-state index in [1.807, 2.05) is 0 Å². The highest BCUT2D eigenvalue weighted by Crippen LogP contribution is 2.38. The minimum absolute atomic E-state index is 0.0836. The summed E-state index contributed by atoms with van der Waals surface area (Å²) in [5, 5.41) is 3.49. The van der Waals surface area contributed by atoms with Crippen LogP contribution >= 0.6 is 0 Å². The Morgan fingerprint density at radius 1 is 1.11 bits per heavy atom. The second-order valence-electron chi connectivity index (χ2n) is 6.07. The highest BCUT2D eigenvalue weighted by molar-refractivity contribution is 5.84. The monoisotopic (exact) mass is 256 g/mol. The van der Waals surface area contributed by atoms with Crippen molar-refractivity contribution in [2.24, 2.45) is 0 Å². The SMILES string of the molecule is O=C1C(NC2CC2)CCN1C1CCc2ccccc21. The Balaban J connectivity index is 1.53. The molecular formula is C16H20N2O. The van der Waals surface area contributed by atoms with Gasteiger partial charge in [-0.15, -0.1) is 0 Å². The van der Waals surface area contributed by atoms with Crippen molar-refractivity contribution in [3.63, 3.8) is 0 Å². The lowest BCUT2D eigenvalue weighted by Crippen LogP contribution is -2.40. The van der Waals surface area contributed by atoms with Gasteiger partial charge in [-0.05, 0) is 43.2 Å². The van der Waals surface area contributed by atoms with Crippen LogP contribution in [0.5, 0.6) is 0 Å². The van der Waals surface area contributed by atoms with Crippen LogP contribution in [0.2, 0.25) is 0 Å². The Labute approximate surface area is 114 Å². The summed E-state index contributed by atoms with van der Waals surface area (Å²) in [6, 6.07) is 9.62. The van der Waals surface area contributed by atoms with E-state index in [1.165, 1.54) is 24.0 Å². The molecule has 0 spiro atoms. The molecule has 0 radical (unpaired) electrons. The fourth-order valence-electron chi connectivity index (χ4n) is 3.56. The number of rotatable bonds is 3. The van der Waals surface area contributed by atoms with E-state index >= 15 is 0 Å². The molecule has 3 aliphatic rings. The maximum atomic E-state index is 12.5. The Kier molecular flexibility index (Phi) is 2.62. The van der Waals surface area contributed by atoms with Crippen LogP contribution in [0.1, 0.15) is 42.9 Å². The van der Waals surface area contributed by atoms with E-state index in [0.29, 0.717) is 18.0 Å². The summed E-state index contributed by atoms with van der Waals surface area (Å²) in [5.74, 6) is 0.327. The first-order chi connectivity index (χ1) is 9.33. The van der Waals surface area contributed by atoms with E-state index in [0.717, 1.165) is 25.8 Å². The van der Waals surface area contributed by atoms with Gasteiger partial charge in [-0.3, -0.25) is 4.79 Å².